The summed E-state index contributed by atoms with van der Waals surface area (Å²) < 4.78 is 3.95. The summed E-state index contributed by atoms with van der Waals surface area (Å²) in [6, 6.07) is 0.637. The molecule has 2 aromatic heterocycles. The van der Waals surface area contributed by atoms with Crippen molar-refractivity contribution >= 4 is 16.9 Å². The van der Waals surface area contributed by atoms with Crippen molar-refractivity contribution in [3.05, 3.63) is 11.9 Å². The lowest BCUT2D eigenvalue weighted by Gasteiger charge is -2.19. The topological polar surface area (TPSA) is 64.7 Å². The average molecular weight is 402 g/mol. The van der Waals surface area contributed by atoms with Crippen molar-refractivity contribution in [1.82, 2.24) is 24.9 Å². The predicted octanol–water partition coefficient (Wildman–Crippen LogP) is 5.30. The highest BCUT2D eigenvalue weighted by Gasteiger charge is 2.17. The highest BCUT2D eigenvalue weighted by atomic mass is 16.1. The number of carbonyl (C=O) groups excluding carboxylic acids is 1. The molecule has 0 unspecified atom stereocenters. The summed E-state index contributed by atoms with van der Waals surface area (Å²) in [7, 11) is 0. The van der Waals surface area contributed by atoms with Crippen LogP contribution in [0.4, 0.5) is 0 Å². The Bertz CT molecular complexity index is 764. The fourth-order valence-corrected chi connectivity index (χ4v) is 4.56. The summed E-state index contributed by atoms with van der Waals surface area (Å²) in [5.74, 6) is 0.152. The minimum absolute atomic E-state index is 0.152. The molecular formula is C23H39N5O. The second-order valence-corrected chi connectivity index (χ2v) is 9.00. The molecule has 1 aliphatic carbocycles. The Hall–Kier alpha value is -1.85. The normalized spacial score (nSPS) is 17.9. The maximum Gasteiger partial charge on any atom is 0.222 e. The van der Waals surface area contributed by atoms with Crippen molar-refractivity contribution in [3.8, 4) is 0 Å². The van der Waals surface area contributed by atoms with Crippen LogP contribution in [-0.4, -0.2) is 31.5 Å². The van der Waals surface area contributed by atoms with E-state index in [2.05, 4.69) is 29.4 Å². The Kier molecular flexibility index (Phi) is 8.13. The van der Waals surface area contributed by atoms with E-state index in [1.165, 1.54) is 57.8 Å². The summed E-state index contributed by atoms with van der Waals surface area (Å²) in [4.78, 5) is 12.6. The van der Waals surface area contributed by atoms with Crippen LogP contribution in [0.5, 0.6) is 0 Å². The van der Waals surface area contributed by atoms with Gasteiger partial charge in [-0.3, -0.25) is 14.2 Å². The molecule has 0 aliphatic heterocycles. The van der Waals surface area contributed by atoms with Crippen molar-refractivity contribution in [2.75, 3.05) is 0 Å². The molecule has 3 rings (SSSR count). The fraction of sp³-hybridized carbons (Fsp3) is 0.783. The number of aryl methyl sites for hydroxylation is 2. The molecule has 2 heterocycles. The second kappa shape index (κ2) is 10.8. The first-order chi connectivity index (χ1) is 14.1. The number of fused-ring (bicyclic) bond motifs is 1. The highest BCUT2D eigenvalue weighted by molar-refractivity contribution is 5.79. The molecule has 1 N–H and O–H groups in total. The zero-order valence-corrected chi connectivity index (χ0v) is 18.6. The quantitative estimate of drug-likeness (QED) is 0.739. The number of carbonyl (C=O) groups is 1. The summed E-state index contributed by atoms with van der Waals surface area (Å²) >= 11 is 0. The first-order valence-electron chi connectivity index (χ1n) is 11.8. The molecule has 29 heavy (non-hydrogen) atoms. The van der Waals surface area contributed by atoms with Gasteiger partial charge in [0.25, 0.3) is 0 Å². The van der Waals surface area contributed by atoms with E-state index >= 15 is 0 Å². The van der Waals surface area contributed by atoms with Crippen LogP contribution in [0.1, 0.15) is 103 Å². The number of nitrogens with zero attached hydrogens (tertiary/aromatic N) is 4. The van der Waals surface area contributed by atoms with Gasteiger partial charge in [-0.1, -0.05) is 57.8 Å². The number of aromatic nitrogens is 4. The lowest BCUT2D eigenvalue weighted by atomic mass is 9.98. The van der Waals surface area contributed by atoms with Gasteiger partial charge in [-0.25, -0.2) is 0 Å². The van der Waals surface area contributed by atoms with Gasteiger partial charge in [0, 0.05) is 18.5 Å². The van der Waals surface area contributed by atoms with E-state index in [9.17, 15) is 4.79 Å². The zero-order chi connectivity index (χ0) is 20.6. The van der Waals surface area contributed by atoms with Gasteiger partial charge in [0.1, 0.15) is 11.0 Å². The summed E-state index contributed by atoms with van der Waals surface area (Å²) in [5, 5.41) is 12.5. The molecule has 6 heteroatoms. The van der Waals surface area contributed by atoms with E-state index < -0.39 is 0 Å². The molecule has 1 saturated carbocycles. The SMILES string of the molecule is Cc1nn(C(C)C)c2cnn(CCC(=O)NC3CCCCCCCCCCC3)c12. The van der Waals surface area contributed by atoms with E-state index in [0.717, 1.165) is 29.6 Å². The standard InChI is InChI=1S/C23H39N5O/c1-18(2)28-21-17-24-27(23(21)19(3)26-28)16-15-22(29)25-20-13-11-9-7-5-4-6-8-10-12-14-20/h17-18,20H,4-16H2,1-3H3,(H,25,29). The van der Waals surface area contributed by atoms with E-state index in [1.807, 2.05) is 22.5 Å². The molecule has 6 nitrogen and oxygen atoms in total. The van der Waals surface area contributed by atoms with Crippen molar-refractivity contribution in [2.45, 2.75) is 116 Å². The van der Waals surface area contributed by atoms with Gasteiger partial charge >= 0.3 is 0 Å². The lowest BCUT2D eigenvalue weighted by molar-refractivity contribution is -0.122. The maximum atomic E-state index is 12.6. The molecule has 0 atom stereocenters. The number of nitrogens with one attached hydrogen (secondary N) is 1. The van der Waals surface area contributed by atoms with Gasteiger partial charge in [-0.15, -0.1) is 0 Å². The average Bonchev–Trinajstić information content (AvgIpc) is 3.23. The number of hydrogen-bond donors (Lipinski definition) is 1. The zero-order valence-electron chi connectivity index (χ0n) is 18.6. The van der Waals surface area contributed by atoms with Gasteiger partial charge in [0.2, 0.25) is 5.91 Å². The number of hydrogen-bond acceptors (Lipinski definition) is 3. The molecule has 0 bridgehead atoms. The Morgan fingerprint density at radius 2 is 1.66 bits per heavy atom. The minimum atomic E-state index is 0.152. The molecule has 162 valence electrons. The molecule has 2 aromatic rings. The molecular weight excluding hydrogens is 362 g/mol. The molecule has 0 spiro atoms. The van der Waals surface area contributed by atoms with Crippen LogP contribution in [0.15, 0.2) is 6.20 Å². The third kappa shape index (κ3) is 6.06. The van der Waals surface area contributed by atoms with Gasteiger partial charge in [-0.05, 0) is 33.6 Å². The second-order valence-electron chi connectivity index (χ2n) is 9.00. The van der Waals surface area contributed by atoms with E-state index in [0.29, 0.717) is 25.0 Å². The van der Waals surface area contributed by atoms with Crippen molar-refractivity contribution < 1.29 is 4.79 Å². The van der Waals surface area contributed by atoms with Crippen molar-refractivity contribution in [2.24, 2.45) is 0 Å². The van der Waals surface area contributed by atoms with Crippen molar-refractivity contribution in [1.29, 1.82) is 0 Å². The van der Waals surface area contributed by atoms with Crippen LogP contribution in [0.2, 0.25) is 0 Å². The third-order valence-electron chi connectivity index (χ3n) is 6.18. The molecule has 1 aliphatic rings. The molecule has 0 saturated heterocycles. The van der Waals surface area contributed by atoms with Crippen LogP contribution >= 0.6 is 0 Å². The largest absolute Gasteiger partial charge is 0.353 e. The first kappa shape index (κ1) is 21.8. The van der Waals surface area contributed by atoms with Crippen molar-refractivity contribution in [3.63, 3.8) is 0 Å². The molecule has 1 amide bonds. The van der Waals surface area contributed by atoms with Crippen LogP contribution in [0.25, 0.3) is 11.0 Å². The minimum Gasteiger partial charge on any atom is -0.353 e. The number of rotatable bonds is 5. The van der Waals surface area contributed by atoms with Gasteiger partial charge in [-0.2, -0.15) is 10.2 Å². The van der Waals surface area contributed by atoms with Crippen LogP contribution < -0.4 is 5.32 Å². The molecule has 1 fully saturated rings. The smallest absolute Gasteiger partial charge is 0.222 e. The van der Waals surface area contributed by atoms with E-state index in [1.54, 1.807) is 0 Å². The fourth-order valence-electron chi connectivity index (χ4n) is 4.56. The third-order valence-corrected chi connectivity index (χ3v) is 6.18. The molecule has 0 radical (unpaired) electrons. The van der Waals surface area contributed by atoms with Crippen LogP contribution in [0, 0.1) is 6.92 Å². The van der Waals surface area contributed by atoms with Crippen LogP contribution in [0.3, 0.4) is 0 Å². The lowest BCUT2D eigenvalue weighted by Crippen LogP contribution is -2.35. The summed E-state index contributed by atoms with van der Waals surface area (Å²) in [6.45, 7) is 6.87. The monoisotopic (exact) mass is 401 g/mol. The summed E-state index contributed by atoms with van der Waals surface area (Å²) in [6.07, 6.45) is 16.5. The Morgan fingerprint density at radius 3 is 2.24 bits per heavy atom. The Morgan fingerprint density at radius 1 is 1.07 bits per heavy atom. The van der Waals surface area contributed by atoms with Crippen LogP contribution in [-0.2, 0) is 11.3 Å². The maximum absolute atomic E-state index is 12.6. The summed E-state index contributed by atoms with van der Waals surface area (Å²) in [5.41, 5.74) is 3.08. The predicted molar refractivity (Wildman–Crippen MR) is 118 cm³/mol. The van der Waals surface area contributed by atoms with Gasteiger partial charge < -0.3 is 5.32 Å². The first-order valence-corrected chi connectivity index (χ1v) is 11.8. The van der Waals surface area contributed by atoms with Gasteiger partial charge in [0.15, 0.2) is 0 Å². The van der Waals surface area contributed by atoms with E-state index in [4.69, 9.17) is 0 Å². The highest BCUT2D eigenvalue weighted by Crippen LogP contribution is 2.21. The Balaban J connectivity index is 1.53. The number of amides is 1. The Labute approximate surface area is 175 Å². The van der Waals surface area contributed by atoms with E-state index in [-0.39, 0.29) is 5.91 Å². The molecule has 0 aromatic carbocycles. The van der Waals surface area contributed by atoms with Gasteiger partial charge in [0.05, 0.1) is 18.4 Å².